The lowest BCUT2D eigenvalue weighted by Gasteiger charge is -2.36. The molecule has 0 spiro atoms. The third-order valence-electron chi connectivity index (χ3n) is 4.62. The number of hydrogen-bond donors (Lipinski definition) is 0. The average molecular weight is 353 g/mol. The second kappa shape index (κ2) is 6.06. The van der Waals surface area contributed by atoms with Crippen LogP contribution >= 0.6 is 11.6 Å². The summed E-state index contributed by atoms with van der Waals surface area (Å²) in [4.78, 5) is 16.9. The molecule has 1 unspecified atom stereocenters. The fraction of sp³-hybridized carbons (Fsp3) is 0.706. The molecule has 1 aromatic rings. The van der Waals surface area contributed by atoms with Gasteiger partial charge in [0.2, 0.25) is 0 Å². The summed E-state index contributed by atoms with van der Waals surface area (Å²) in [5, 5.41) is 8.44. The van der Waals surface area contributed by atoms with Gasteiger partial charge in [-0.25, -0.2) is 4.79 Å². The summed E-state index contributed by atoms with van der Waals surface area (Å²) in [5.41, 5.74) is -0.560. The van der Waals surface area contributed by atoms with Crippen molar-refractivity contribution in [2.24, 2.45) is 0 Å². The van der Waals surface area contributed by atoms with Gasteiger partial charge in [0.05, 0.1) is 6.04 Å². The van der Waals surface area contributed by atoms with E-state index in [-0.39, 0.29) is 17.7 Å². The fourth-order valence-electron chi connectivity index (χ4n) is 3.18. The molecule has 1 aliphatic heterocycles. The van der Waals surface area contributed by atoms with E-state index in [0.29, 0.717) is 5.15 Å². The molecule has 1 saturated heterocycles. The van der Waals surface area contributed by atoms with Crippen LogP contribution in [0.15, 0.2) is 12.1 Å². The normalized spacial score (nSPS) is 22.4. The fourth-order valence-corrected chi connectivity index (χ4v) is 3.28. The zero-order valence-corrected chi connectivity index (χ0v) is 15.5. The maximum Gasteiger partial charge on any atom is 0.411 e. The van der Waals surface area contributed by atoms with Crippen LogP contribution in [0.4, 0.5) is 10.6 Å². The molecule has 0 N–H and O–H groups in total. The number of carbonyl (C=O) groups excluding carboxylic acids is 1. The first-order valence-corrected chi connectivity index (χ1v) is 8.82. The topological polar surface area (TPSA) is 58.6 Å². The molecule has 132 valence electrons. The summed E-state index contributed by atoms with van der Waals surface area (Å²) in [6.07, 6.45) is 2.75. The van der Waals surface area contributed by atoms with Gasteiger partial charge in [-0.05, 0) is 59.1 Å². The van der Waals surface area contributed by atoms with Crippen molar-refractivity contribution in [1.29, 1.82) is 0 Å². The SMILES string of the molecule is CC(C)(C)OC(=O)N(C1CCN(c2ccc(Cl)nn2)C1)C1(C)CC1. The highest BCUT2D eigenvalue weighted by Crippen LogP contribution is 2.44. The highest BCUT2D eigenvalue weighted by molar-refractivity contribution is 6.29. The number of hydrogen-bond acceptors (Lipinski definition) is 5. The molecule has 0 bridgehead atoms. The number of ether oxygens (including phenoxy) is 1. The number of carbonyl (C=O) groups is 1. The number of nitrogens with zero attached hydrogens (tertiary/aromatic N) is 4. The minimum absolute atomic E-state index is 0.0747. The number of rotatable bonds is 3. The average Bonchev–Trinajstić information content (AvgIpc) is 3.02. The Morgan fingerprint density at radius 3 is 2.62 bits per heavy atom. The number of anilines is 1. The molecule has 1 amide bonds. The molecule has 2 fully saturated rings. The van der Waals surface area contributed by atoms with E-state index >= 15 is 0 Å². The first-order valence-electron chi connectivity index (χ1n) is 8.44. The highest BCUT2D eigenvalue weighted by atomic mass is 35.5. The van der Waals surface area contributed by atoms with Gasteiger partial charge in [-0.3, -0.25) is 4.90 Å². The van der Waals surface area contributed by atoms with Gasteiger partial charge >= 0.3 is 6.09 Å². The maximum absolute atomic E-state index is 12.8. The van der Waals surface area contributed by atoms with Crippen LogP contribution in [0.3, 0.4) is 0 Å². The van der Waals surface area contributed by atoms with Crippen LogP contribution in [0.5, 0.6) is 0 Å². The van der Waals surface area contributed by atoms with Crippen molar-refractivity contribution in [3.8, 4) is 0 Å². The molecule has 1 atom stereocenters. The minimum Gasteiger partial charge on any atom is -0.444 e. The van der Waals surface area contributed by atoms with E-state index in [4.69, 9.17) is 16.3 Å². The molecule has 1 aliphatic carbocycles. The summed E-state index contributed by atoms with van der Waals surface area (Å²) < 4.78 is 5.66. The molecule has 0 radical (unpaired) electrons. The summed E-state index contributed by atoms with van der Waals surface area (Å²) in [6.45, 7) is 9.44. The summed E-state index contributed by atoms with van der Waals surface area (Å²) >= 11 is 5.81. The zero-order chi connectivity index (χ0) is 17.5. The highest BCUT2D eigenvalue weighted by Gasteiger charge is 2.51. The Hall–Kier alpha value is -1.56. The Balaban J connectivity index is 1.73. The van der Waals surface area contributed by atoms with Crippen molar-refractivity contribution < 1.29 is 9.53 Å². The van der Waals surface area contributed by atoms with E-state index in [1.807, 2.05) is 31.7 Å². The number of amides is 1. The molecule has 24 heavy (non-hydrogen) atoms. The number of aromatic nitrogens is 2. The van der Waals surface area contributed by atoms with Crippen LogP contribution in [0.25, 0.3) is 0 Å². The predicted octanol–water partition coefficient (Wildman–Crippen LogP) is 3.50. The summed E-state index contributed by atoms with van der Waals surface area (Å²) in [7, 11) is 0. The lowest BCUT2D eigenvalue weighted by atomic mass is 10.1. The van der Waals surface area contributed by atoms with Gasteiger partial charge in [-0.15, -0.1) is 10.2 Å². The summed E-state index contributed by atoms with van der Waals surface area (Å²) in [6, 6.07) is 3.74. The van der Waals surface area contributed by atoms with Crippen molar-refractivity contribution in [3.05, 3.63) is 17.3 Å². The van der Waals surface area contributed by atoms with E-state index in [1.54, 1.807) is 6.07 Å². The molecule has 2 aliphatic rings. The van der Waals surface area contributed by atoms with Crippen LogP contribution in [-0.4, -0.2) is 51.5 Å². The first kappa shape index (κ1) is 17.3. The van der Waals surface area contributed by atoms with Gasteiger partial charge in [-0.2, -0.15) is 0 Å². The molecule has 7 heteroatoms. The van der Waals surface area contributed by atoms with Crippen LogP contribution in [0, 0.1) is 0 Å². The van der Waals surface area contributed by atoms with Crippen LogP contribution < -0.4 is 4.90 Å². The van der Waals surface area contributed by atoms with Gasteiger partial charge in [0.25, 0.3) is 0 Å². The van der Waals surface area contributed by atoms with E-state index < -0.39 is 5.60 Å². The second-order valence-electron chi connectivity index (χ2n) is 7.95. The van der Waals surface area contributed by atoms with E-state index in [0.717, 1.165) is 38.2 Å². The Bertz CT molecular complexity index is 610. The van der Waals surface area contributed by atoms with E-state index in [1.165, 1.54) is 0 Å². The standard InChI is InChI=1S/C17H25ClN4O2/c1-16(2,3)24-15(23)22(17(4)8-9-17)12-7-10-21(11-12)14-6-5-13(18)19-20-14/h5-6,12H,7-11H2,1-4H3. The largest absolute Gasteiger partial charge is 0.444 e. The van der Waals surface area contributed by atoms with Gasteiger partial charge < -0.3 is 9.64 Å². The van der Waals surface area contributed by atoms with Crippen LogP contribution in [-0.2, 0) is 4.74 Å². The van der Waals surface area contributed by atoms with Crippen molar-refractivity contribution in [2.75, 3.05) is 18.0 Å². The quantitative estimate of drug-likeness (QED) is 0.833. The molecule has 2 heterocycles. The Kier molecular flexibility index (Phi) is 4.36. The Labute approximate surface area is 148 Å². The molecule has 1 aromatic heterocycles. The lowest BCUT2D eigenvalue weighted by molar-refractivity contribution is 0.00540. The Morgan fingerprint density at radius 1 is 1.38 bits per heavy atom. The maximum atomic E-state index is 12.8. The van der Waals surface area contributed by atoms with Crippen LogP contribution in [0.1, 0.15) is 47.0 Å². The first-order chi connectivity index (χ1) is 11.2. The van der Waals surface area contributed by atoms with Gasteiger partial charge in [0.15, 0.2) is 11.0 Å². The molecular formula is C17H25ClN4O2. The molecule has 3 rings (SSSR count). The molecule has 1 saturated carbocycles. The van der Waals surface area contributed by atoms with E-state index in [9.17, 15) is 4.79 Å². The zero-order valence-electron chi connectivity index (χ0n) is 14.8. The molecule has 0 aromatic carbocycles. The van der Waals surface area contributed by atoms with E-state index in [2.05, 4.69) is 22.0 Å². The van der Waals surface area contributed by atoms with Crippen LogP contribution in [0.2, 0.25) is 5.15 Å². The Morgan fingerprint density at radius 2 is 2.08 bits per heavy atom. The van der Waals surface area contributed by atoms with Gasteiger partial charge in [0.1, 0.15) is 5.60 Å². The van der Waals surface area contributed by atoms with Crippen molar-refractivity contribution in [1.82, 2.24) is 15.1 Å². The third kappa shape index (κ3) is 3.74. The van der Waals surface area contributed by atoms with Crippen molar-refractivity contribution in [3.63, 3.8) is 0 Å². The smallest absolute Gasteiger partial charge is 0.411 e. The number of halogens is 1. The van der Waals surface area contributed by atoms with Gasteiger partial charge in [0, 0.05) is 18.6 Å². The predicted molar refractivity (Wildman–Crippen MR) is 93.4 cm³/mol. The minimum atomic E-state index is -0.486. The summed E-state index contributed by atoms with van der Waals surface area (Å²) in [5.74, 6) is 0.798. The monoisotopic (exact) mass is 352 g/mol. The van der Waals surface area contributed by atoms with Gasteiger partial charge in [-0.1, -0.05) is 11.6 Å². The molecule has 6 nitrogen and oxygen atoms in total. The van der Waals surface area contributed by atoms with Crippen molar-refractivity contribution in [2.45, 2.75) is 64.1 Å². The third-order valence-corrected chi connectivity index (χ3v) is 4.82. The lowest BCUT2D eigenvalue weighted by Crippen LogP contribution is -2.50. The van der Waals surface area contributed by atoms with Crippen molar-refractivity contribution >= 4 is 23.5 Å². The second-order valence-corrected chi connectivity index (χ2v) is 8.34. The molecular weight excluding hydrogens is 328 g/mol.